The van der Waals surface area contributed by atoms with Gasteiger partial charge in [0.2, 0.25) is 0 Å². The van der Waals surface area contributed by atoms with Crippen molar-refractivity contribution >= 4 is 74.8 Å². The van der Waals surface area contributed by atoms with Crippen LogP contribution in [-0.2, 0) is 22.4 Å². The predicted molar refractivity (Wildman–Crippen MR) is 336 cm³/mol. The number of ether oxygens (including phenoxy) is 1. The molecule has 1 aliphatic heterocycles. The third-order valence-electron chi connectivity index (χ3n) is 16.3. The fourth-order valence-electron chi connectivity index (χ4n) is 12.8. The van der Waals surface area contributed by atoms with Gasteiger partial charge in [-0.3, -0.25) is 0 Å². The smallest absolute Gasteiger partial charge is 0.264 e. The first-order valence-electron chi connectivity index (χ1n) is 28.0. The summed E-state index contributed by atoms with van der Waals surface area (Å²) in [7, 11) is -13.4. The molecule has 9 heteroatoms. The zero-order chi connectivity index (χ0) is 55.5. The highest BCUT2D eigenvalue weighted by Gasteiger charge is 2.64. The quantitative estimate of drug-likeness (QED) is 0.0851. The summed E-state index contributed by atoms with van der Waals surface area (Å²) in [6.07, 6.45) is -3.07. The largest absolute Gasteiger partial charge is 0.405 e. The molecule has 0 radical (unpaired) electrons. The van der Waals surface area contributed by atoms with Crippen LogP contribution in [0.15, 0.2) is 243 Å². The van der Waals surface area contributed by atoms with Crippen LogP contribution in [0, 0.1) is 0 Å². The lowest BCUT2D eigenvalue weighted by Gasteiger charge is -2.50. The monoisotopic (exact) mass is 1100 g/mol. The highest BCUT2D eigenvalue weighted by molar-refractivity contribution is 7.01. The molecule has 0 amide bonds. The maximum atomic E-state index is 8.68. The molecule has 0 bridgehead atoms. The SMILES string of the molecule is CC(C)(C)[Si](OC[C@H]1O[C@H](O[Si](c2ccccc2)(c2ccccc2)C(C)(C)C)[C@@H](O[Si](c2ccccc2)(c2ccccc2)C(C)(C)C)[C@@H]1O[Si](c1ccccc1)(c1ccccc1)C(C)(C)C)(c1ccccc1)c1ccccc1. The van der Waals surface area contributed by atoms with E-state index in [4.69, 9.17) is 22.4 Å². The summed E-state index contributed by atoms with van der Waals surface area (Å²) >= 11 is 0. The van der Waals surface area contributed by atoms with Gasteiger partial charge in [0.25, 0.3) is 33.3 Å². The second-order valence-electron chi connectivity index (χ2n) is 25.3. The fourth-order valence-corrected chi connectivity index (χ4v) is 31.3. The van der Waals surface area contributed by atoms with E-state index in [1.165, 1.54) is 31.1 Å². The minimum Gasteiger partial charge on any atom is -0.405 e. The molecule has 1 saturated heterocycles. The van der Waals surface area contributed by atoms with Crippen molar-refractivity contribution in [3.63, 3.8) is 0 Å². The number of benzene rings is 8. The Morgan fingerprint density at radius 2 is 0.487 bits per heavy atom. The molecule has 0 aliphatic carbocycles. The highest BCUT2D eigenvalue weighted by atomic mass is 28.4. The van der Waals surface area contributed by atoms with Crippen molar-refractivity contribution in [2.75, 3.05) is 6.61 Å². The van der Waals surface area contributed by atoms with E-state index >= 15 is 0 Å². The Morgan fingerprint density at radius 1 is 0.282 bits per heavy atom. The van der Waals surface area contributed by atoms with Gasteiger partial charge in [-0.05, 0) is 61.6 Å². The predicted octanol–water partition coefficient (Wildman–Crippen LogP) is 11.8. The molecule has 0 aromatic heterocycles. The van der Waals surface area contributed by atoms with Crippen LogP contribution in [0.2, 0.25) is 20.2 Å². The van der Waals surface area contributed by atoms with E-state index < -0.39 is 73.0 Å². The topological polar surface area (TPSA) is 46.2 Å². The Morgan fingerprint density at radius 3 is 0.718 bits per heavy atom. The van der Waals surface area contributed by atoms with Crippen molar-refractivity contribution in [2.24, 2.45) is 0 Å². The molecule has 1 fully saturated rings. The minimum atomic E-state index is -3.42. The summed E-state index contributed by atoms with van der Waals surface area (Å²) < 4.78 is 41.9. The average Bonchev–Trinajstić information content (AvgIpc) is 3.88. The van der Waals surface area contributed by atoms with Crippen LogP contribution in [-0.4, -0.2) is 64.5 Å². The van der Waals surface area contributed by atoms with E-state index in [0.29, 0.717) is 0 Å². The van der Waals surface area contributed by atoms with E-state index in [9.17, 15) is 0 Å². The van der Waals surface area contributed by atoms with Crippen LogP contribution in [0.25, 0.3) is 0 Å². The molecule has 5 nitrogen and oxygen atoms in total. The van der Waals surface area contributed by atoms with Crippen LogP contribution in [0.4, 0.5) is 0 Å². The standard InChI is InChI=1S/C69H82O5Si4/c1-66(2,3)75(54-37-21-13-22-38-54,55-39-23-14-24-40-55)70-53-62-63(72-76(67(4,5)6,56-41-25-15-26-42-56)57-43-27-16-28-44-57)64(73-77(68(7,8)9,58-45-29-17-30-46-58)59-47-31-18-32-48-59)65(71-62)74-78(69(10,11)12,60-49-33-19-34-50-60)61-51-35-20-36-52-61/h13-52,62-65H,53H2,1-12H3/t62-,63-,64+,65-/m1/s1. The van der Waals surface area contributed by atoms with Gasteiger partial charge < -0.3 is 22.4 Å². The molecule has 78 heavy (non-hydrogen) atoms. The van der Waals surface area contributed by atoms with Crippen LogP contribution >= 0.6 is 0 Å². The highest BCUT2D eigenvalue weighted by Crippen LogP contribution is 2.47. The molecule has 8 aromatic rings. The molecular formula is C69H82O5Si4. The van der Waals surface area contributed by atoms with Gasteiger partial charge in [-0.15, -0.1) is 0 Å². The van der Waals surface area contributed by atoms with Crippen LogP contribution in [0.1, 0.15) is 83.1 Å². The lowest BCUT2D eigenvalue weighted by molar-refractivity contribution is -0.117. The van der Waals surface area contributed by atoms with Crippen molar-refractivity contribution < 1.29 is 22.4 Å². The third kappa shape index (κ3) is 10.5. The lowest BCUT2D eigenvalue weighted by Crippen LogP contribution is -2.73. The van der Waals surface area contributed by atoms with E-state index in [0.717, 1.165) is 10.4 Å². The maximum absolute atomic E-state index is 8.68. The number of hydrogen-bond donors (Lipinski definition) is 0. The van der Waals surface area contributed by atoms with Crippen LogP contribution in [0.3, 0.4) is 0 Å². The molecule has 1 aliphatic rings. The first-order chi connectivity index (χ1) is 37.2. The summed E-state index contributed by atoms with van der Waals surface area (Å²) in [5, 5.41) is 7.93. The molecule has 0 spiro atoms. The zero-order valence-corrected chi connectivity index (χ0v) is 52.2. The summed E-state index contributed by atoms with van der Waals surface area (Å²) in [5.41, 5.74) is 0. The molecule has 1 heterocycles. The van der Waals surface area contributed by atoms with Crippen molar-refractivity contribution in [1.82, 2.24) is 0 Å². The lowest BCUT2D eigenvalue weighted by atomic mass is 10.1. The van der Waals surface area contributed by atoms with Gasteiger partial charge in [-0.1, -0.05) is 326 Å². The molecule has 4 atom stereocenters. The van der Waals surface area contributed by atoms with Crippen LogP contribution in [0.5, 0.6) is 0 Å². The summed E-state index contributed by atoms with van der Waals surface area (Å²) in [4.78, 5) is 0. The second-order valence-corrected chi connectivity index (χ2v) is 42.4. The van der Waals surface area contributed by atoms with Gasteiger partial charge in [0.1, 0.15) is 18.3 Å². The third-order valence-corrected chi connectivity index (χ3v) is 36.4. The molecular weight excluding hydrogens is 1020 g/mol. The van der Waals surface area contributed by atoms with E-state index in [1.54, 1.807) is 0 Å². The van der Waals surface area contributed by atoms with E-state index in [1.807, 2.05) is 0 Å². The Hall–Kier alpha value is -5.57. The molecule has 0 N–H and O–H groups in total. The van der Waals surface area contributed by atoms with Crippen molar-refractivity contribution in [3.05, 3.63) is 243 Å². The number of hydrogen-bond acceptors (Lipinski definition) is 5. The van der Waals surface area contributed by atoms with Gasteiger partial charge >= 0.3 is 0 Å². The van der Waals surface area contributed by atoms with Crippen molar-refractivity contribution in [1.29, 1.82) is 0 Å². The van der Waals surface area contributed by atoms with Crippen molar-refractivity contribution in [2.45, 2.75) is 128 Å². The Balaban J connectivity index is 1.37. The van der Waals surface area contributed by atoms with Crippen molar-refractivity contribution in [3.8, 4) is 0 Å². The van der Waals surface area contributed by atoms with Gasteiger partial charge in [-0.2, -0.15) is 0 Å². The molecule has 9 rings (SSSR count). The second kappa shape index (κ2) is 22.9. The molecule has 0 saturated carbocycles. The van der Waals surface area contributed by atoms with Gasteiger partial charge in [0.05, 0.1) is 6.61 Å². The van der Waals surface area contributed by atoms with Gasteiger partial charge in [-0.25, -0.2) is 0 Å². The fraction of sp³-hybridized carbons (Fsp3) is 0.304. The number of rotatable bonds is 17. The average molecular weight is 1100 g/mol. The first kappa shape index (κ1) is 57.1. The van der Waals surface area contributed by atoms with Crippen LogP contribution < -0.4 is 41.5 Å². The Labute approximate surface area is 471 Å². The van der Waals surface area contributed by atoms with Gasteiger partial charge in [0, 0.05) is 0 Å². The molecule has 0 unspecified atom stereocenters. The van der Waals surface area contributed by atoms with E-state index in [-0.39, 0.29) is 11.6 Å². The zero-order valence-electron chi connectivity index (χ0n) is 48.2. The normalized spacial score (nSPS) is 17.9. The Bertz CT molecular complexity index is 2970. The first-order valence-corrected chi connectivity index (χ1v) is 35.6. The maximum Gasteiger partial charge on any atom is 0.264 e. The summed E-state index contributed by atoms with van der Waals surface area (Å²) in [6.45, 7) is 28.4. The summed E-state index contributed by atoms with van der Waals surface area (Å²) in [5.74, 6) is 0. The van der Waals surface area contributed by atoms with E-state index in [2.05, 4.69) is 326 Å². The molecule has 8 aromatic carbocycles. The Kier molecular flexibility index (Phi) is 16.8. The minimum absolute atomic E-state index is 0.220. The molecule has 404 valence electrons. The van der Waals surface area contributed by atoms with Gasteiger partial charge in [0.15, 0.2) is 6.29 Å². The summed E-state index contributed by atoms with van der Waals surface area (Å²) in [6, 6.07) is 87.7.